The molecule has 1 unspecified atom stereocenters. The van der Waals surface area contributed by atoms with Crippen LogP contribution in [0.2, 0.25) is 0 Å². The van der Waals surface area contributed by atoms with Crippen molar-refractivity contribution in [1.29, 1.82) is 0 Å². The lowest BCUT2D eigenvalue weighted by Gasteiger charge is -2.16. The number of nitrogens with two attached hydrogens (primary N) is 1. The van der Waals surface area contributed by atoms with E-state index in [9.17, 15) is 0 Å². The van der Waals surface area contributed by atoms with E-state index >= 15 is 0 Å². The maximum atomic E-state index is 6.49. The zero-order valence-electron chi connectivity index (χ0n) is 10.6. The first kappa shape index (κ1) is 12.9. The fraction of sp³-hybridized carbons (Fsp3) is 0.125. The van der Waals surface area contributed by atoms with Crippen LogP contribution in [-0.4, -0.2) is 0 Å². The van der Waals surface area contributed by atoms with Crippen LogP contribution >= 0.6 is 27.3 Å². The van der Waals surface area contributed by atoms with Gasteiger partial charge in [0.15, 0.2) is 0 Å². The molecule has 1 atom stereocenters. The van der Waals surface area contributed by atoms with Gasteiger partial charge in [-0.05, 0) is 40.4 Å². The number of benzene rings is 2. The summed E-state index contributed by atoms with van der Waals surface area (Å²) < 4.78 is 2.39. The zero-order chi connectivity index (χ0) is 13.4. The Hall–Kier alpha value is -1.16. The molecule has 1 aromatic heterocycles. The van der Waals surface area contributed by atoms with Crippen molar-refractivity contribution in [3.63, 3.8) is 0 Å². The molecule has 0 bridgehead atoms. The zero-order valence-corrected chi connectivity index (χ0v) is 13.0. The van der Waals surface area contributed by atoms with Crippen molar-refractivity contribution >= 4 is 37.4 Å². The minimum Gasteiger partial charge on any atom is -0.320 e. The highest BCUT2D eigenvalue weighted by atomic mass is 79.9. The van der Waals surface area contributed by atoms with Crippen LogP contribution < -0.4 is 5.73 Å². The molecule has 0 amide bonds. The van der Waals surface area contributed by atoms with Crippen LogP contribution in [0.3, 0.4) is 0 Å². The predicted octanol–water partition coefficient (Wildman–Crippen LogP) is 5.02. The number of aryl methyl sites for hydroxylation is 1. The van der Waals surface area contributed by atoms with E-state index in [-0.39, 0.29) is 6.04 Å². The lowest BCUT2D eigenvalue weighted by atomic mass is 9.97. The molecule has 2 N–H and O–H groups in total. The number of rotatable bonds is 2. The molecule has 0 aliphatic heterocycles. The van der Waals surface area contributed by atoms with Crippen molar-refractivity contribution in [3.05, 3.63) is 69.0 Å². The standard InChI is InChI=1S/C16H14BrNS/c1-10-4-2-6-12(14(10)17)15(18)13-7-3-5-11-8-9-19-16(11)13/h2-9,15H,18H2,1H3. The number of hydrogen-bond acceptors (Lipinski definition) is 2. The summed E-state index contributed by atoms with van der Waals surface area (Å²) in [6, 6.07) is 14.6. The van der Waals surface area contributed by atoms with Gasteiger partial charge in [-0.3, -0.25) is 0 Å². The summed E-state index contributed by atoms with van der Waals surface area (Å²) in [7, 11) is 0. The van der Waals surface area contributed by atoms with Crippen molar-refractivity contribution in [1.82, 2.24) is 0 Å². The molecule has 3 heteroatoms. The quantitative estimate of drug-likeness (QED) is 0.700. The molecule has 0 saturated carbocycles. The third-order valence-electron chi connectivity index (χ3n) is 3.40. The lowest BCUT2D eigenvalue weighted by Crippen LogP contribution is -2.13. The number of thiophene rings is 1. The number of fused-ring (bicyclic) bond motifs is 1. The Bertz CT molecular complexity index is 732. The number of hydrogen-bond donors (Lipinski definition) is 1. The second-order valence-corrected chi connectivity index (χ2v) is 6.35. The van der Waals surface area contributed by atoms with Gasteiger partial charge in [0.05, 0.1) is 6.04 Å². The Morgan fingerprint density at radius 2 is 1.79 bits per heavy atom. The first-order valence-electron chi connectivity index (χ1n) is 6.15. The Morgan fingerprint density at radius 1 is 1.05 bits per heavy atom. The second-order valence-electron chi connectivity index (χ2n) is 4.64. The van der Waals surface area contributed by atoms with E-state index in [0.717, 1.165) is 10.0 Å². The summed E-state index contributed by atoms with van der Waals surface area (Å²) >= 11 is 5.41. The predicted molar refractivity (Wildman–Crippen MR) is 86.7 cm³/mol. The Balaban J connectivity index is 2.16. The molecule has 19 heavy (non-hydrogen) atoms. The molecule has 1 heterocycles. The Morgan fingerprint density at radius 3 is 2.63 bits per heavy atom. The molecule has 0 aliphatic carbocycles. The van der Waals surface area contributed by atoms with E-state index < -0.39 is 0 Å². The van der Waals surface area contributed by atoms with E-state index in [1.807, 2.05) is 0 Å². The molecule has 0 aliphatic rings. The van der Waals surface area contributed by atoms with E-state index in [4.69, 9.17) is 5.73 Å². The maximum absolute atomic E-state index is 6.49. The van der Waals surface area contributed by atoms with Crippen LogP contribution in [0.5, 0.6) is 0 Å². The summed E-state index contributed by atoms with van der Waals surface area (Å²) in [5, 5.41) is 3.38. The second kappa shape index (κ2) is 5.08. The fourth-order valence-electron chi connectivity index (χ4n) is 2.34. The molecule has 3 rings (SSSR count). The highest BCUT2D eigenvalue weighted by molar-refractivity contribution is 9.10. The molecule has 2 aromatic carbocycles. The SMILES string of the molecule is Cc1cccc(C(N)c2cccc3ccsc23)c1Br. The summed E-state index contributed by atoms with van der Waals surface area (Å²) in [4.78, 5) is 0. The molecule has 1 nitrogen and oxygen atoms in total. The van der Waals surface area contributed by atoms with Gasteiger partial charge >= 0.3 is 0 Å². The summed E-state index contributed by atoms with van der Waals surface area (Å²) in [5.41, 5.74) is 10.0. The lowest BCUT2D eigenvalue weighted by molar-refractivity contribution is 0.874. The maximum Gasteiger partial charge on any atom is 0.0577 e. The van der Waals surface area contributed by atoms with Crippen LogP contribution in [-0.2, 0) is 0 Å². The van der Waals surface area contributed by atoms with Crippen LogP contribution in [0.15, 0.2) is 52.3 Å². The van der Waals surface area contributed by atoms with Crippen molar-refractivity contribution in [2.24, 2.45) is 5.73 Å². The Kier molecular flexibility index (Phi) is 3.44. The minimum absolute atomic E-state index is 0.100. The van der Waals surface area contributed by atoms with Crippen LogP contribution in [0, 0.1) is 6.92 Å². The topological polar surface area (TPSA) is 26.0 Å². The monoisotopic (exact) mass is 331 g/mol. The van der Waals surface area contributed by atoms with E-state index in [2.05, 4.69) is 70.7 Å². The third kappa shape index (κ3) is 2.22. The highest BCUT2D eigenvalue weighted by Crippen LogP contribution is 2.34. The van der Waals surface area contributed by atoms with Gasteiger partial charge in [0, 0.05) is 9.17 Å². The normalized spacial score (nSPS) is 12.8. The Labute approximate surface area is 125 Å². The smallest absolute Gasteiger partial charge is 0.0577 e. The summed E-state index contributed by atoms with van der Waals surface area (Å²) in [5.74, 6) is 0. The van der Waals surface area contributed by atoms with Gasteiger partial charge in [0.2, 0.25) is 0 Å². The van der Waals surface area contributed by atoms with Crippen LogP contribution in [0.4, 0.5) is 0 Å². The van der Waals surface area contributed by atoms with Crippen molar-refractivity contribution in [3.8, 4) is 0 Å². The van der Waals surface area contributed by atoms with Crippen LogP contribution in [0.1, 0.15) is 22.7 Å². The van der Waals surface area contributed by atoms with Crippen LogP contribution in [0.25, 0.3) is 10.1 Å². The van der Waals surface area contributed by atoms with Gasteiger partial charge in [-0.15, -0.1) is 11.3 Å². The summed E-state index contributed by atoms with van der Waals surface area (Å²) in [6.45, 7) is 2.09. The van der Waals surface area contributed by atoms with Gasteiger partial charge in [0.25, 0.3) is 0 Å². The van der Waals surface area contributed by atoms with E-state index in [0.29, 0.717) is 0 Å². The average Bonchev–Trinajstić information content (AvgIpc) is 2.89. The van der Waals surface area contributed by atoms with Gasteiger partial charge in [-0.2, -0.15) is 0 Å². The van der Waals surface area contributed by atoms with Gasteiger partial charge in [0.1, 0.15) is 0 Å². The minimum atomic E-state index is -0.100. The van der Waals surface area contributed by atoms with Gasteiger partial charge in [-0.25, -0.2) is 0 Å². The van der Waals surface area contributed by atoms with E-state index in [1.54, 1.807) is 11.3 Å². The van der Waals surface area contributed by atoms with E-state index in [1.165, 1.54) is 21.2 Å². The highest BCUT2D eigenvalue weighted by Gasteiger charge is 2.16. The van der Waals surface area contributed by atoms with Gasteiger partial charge < -0.3 is 5.73 Å². The molecule has 96 valence electrons. The van der Waals surface area contributed by atoms with Crippen molar-refractivity contribution < 1.29 is 0 Å². The van der Waals surface area contributed by atoms with Gasteiger partial charge in [-0.1, -0.05) is 52.3 Å². The molecule has 0 fully saturated rings. The van der Waals surface area contributed by atoms with Crippen molar-refractivity contribution in [2.45, 2.75) is 13.0 Å². The largest absolute Gasteiger partial charge is 0.320 e. The van der Waals surface area contributed by atoms with Crippen molar-refractivity contribution in [2.75, 3.05) is 0 Å². The summed E-state index contributed by atoms with van der Waals surface area (Å²) in [6.07, 6.45) is 0. The number of halogens is 1. The molecule has 0 radical (unpaired) electrons. The first-order chi connectivity index (χ1) is 9.18. The third-order valence-corrected chi connectivity index (χ3v) is 5.46. The molecule has 3 aromatic rings. The fourth-order valence-corrected chi connectivity index (χ4v) is 3.80. The molecular weight excluding hydrogens is 318 g/mol. The first-order valence-corrected chi connectivity index (χ1v) is 7.82. The molecule has 0 saturated heterocycles. The molecule has 0 spiro atoms. The average molecular weight is 332 g/mol. The molecular formula is C16H14BrNS.